The first-order chi connectivity index (χ1) is 14.8. The van der Waals surface area contributed by atoms with Gasteiger partial charge in [0.05, 0.1) is 17.8 Å². The molecule has 0 saturated carbocycles. The van der Waals surface area contributed by atoms with Crippen molar-refractivity contribution in [3.05, 3.63) is 77.6 Å². The minimum absolute atomic E-state index is 0.160. The Morgan fingerprint density at radius 1 is 1.10 bits per heavy atom. The Morgan fingerprint density at radius 3 is 2.77 bits per heavy atom. The number of nitrogens with one attached hydrogen (secondary N) is 1. The lowest BCUT2D eigenvalue weighted by Crippen LogP contribution is -2.34. The van der Waals surface area contributed by atoms with Crippen molar-refractivity contribution < 1.29 is 4.79 Å². The number of fused-ring (bicyclic) bond motifs is 1. The average molecular weight is 418 g/mol. The van der Waals surface area contributed by atoms with Crippen LogP contribution < -0.4 is 5.32 Å². The highest BCUT2D eigenvalue weighted by Crippen LogP contribution is 2.30. The Labute approximate surface area is 179 Å². The van der Waals surface area contributed by atoms with Crippen molar-refractivity contribution in [3.63, 3.8) is 0 Å². The Hall–Kier alpha value is -3.03. The zero-order valence-electron chi connectivity index (χ0n) is 16.6. The molecule has 0 aliphatic carbocycles. The van der Waals surface area contributed by atoms with Crippen LogP contribution in [0, 0.1) is 0 Å². The van der Waals surface area contributed by atoms with Crippen LogP contribution in [-0.4, -0.2) is 38.7 Å². The molecule has 4 aromatic rings. The molecule has 1 aromatic carbocycles. The molecular formula is C23H23N5OS. The third kappa shape index (κ3) is 3.99. The maximum atomic E-state index is 12.5. The van der Waals surface area contributed by atoms with Crippen LogP contribution in [0.25, 0.3) is 10.1 Å². The van der Waals surface area contributed by atoms with Crippen molar-refractivity contribution in [1.29, 1.82) is 0 Å². The molecule has 3 aromatic heterocycles. The number of piperidine rings is 1. The number of carbonyl (C=O) groups excluding carboxylic acids is 1. The Bertz CT molecular complexity index is 1110. The molecule has 1 N–H and O–H groups in total. The molecule has 1 aliphatic heterocycles. The molecule has 7 heteroatoms. The largest absolute Gasteiger partial charge is 0.307 e. The lowest BCUT2D eigenvalue weighted by atomic mass is 10.1. The molecule has 6 nitrogen and oxygen atoms in total. The third-order valence-corrected chi connectivity index (χ3v) is 6.70. The van der Waals surface area contributed by atoms with E-state index in [1.165, 1.54) is 15.0 Å². The van der Waals surface area contributed by atoms with Gasteiger partial charge in [0.25, 0.3) is 5.91 Å². The van der Waals surface area contributed by atoms with E-state index in [4.69, 9.17) is 0 Å². The van der Waals surface area contributed by atoms with E-state index in [1.807, 2.05) is 22.1 Å². The first kappa shape index (κ1) is 19.0. The minimum Gasteiger partial charge on any atom is -0.307 e. The fraction of sp³-hybridized carbons (Fsp3) is 0.261. The fourth-order valence-corrected chi connectivity index (χ4v) is 5.15. The molecule has 0 radical (unpaired) electrons. The number of benzene rings is 1. The second-order valence-corrected chi connectivity index (χ2v) is 8.78. The van der Waals surface area contributed by atoms with Gasteiger partial charge in [-0.15, -0.1) is 11.3 Å². The van der Waals surface area contributed by atoms with Gasteiger partial charge in [0.2, 0.25) is 0 Å². The number of thiophene rings is 1. The van der Waals surface area contributed by atoms with Crippen molar-refractivity contribution in [2.45, 2.75) is 25.4 Å². The summed E-state index contributed by atoms with van der Waals surface area (Å²) in [5, 5.41) is 8.81. The number of nitrogens with zero attached hydrogens (tertiary/aromatic N) is 4. The zero-order valence-corrected chi connectivity index (χ0v) is 17.4. The summed E-state index contributed by atoms with van der Waals surface area (Å²) in [4.78, 5) is 20.4. The SMILES string of the molecule is O=C(Nc1ccnn1C1CCN(Cc2cc3ccccc3s2)CC1)c1cccnc1. The summed E-state index contributed by atoms with van der Waals surface area (Å²) >= 11 is 1.88. The normalized spacial score (nSPS) is 15.5. The number of aromatic nitrogens is 3. The van der Waals surface area contributed by atoms with E-state index in [2.05, 4.69) is 50.6 Å². The van der Waals surface area contributed by atoms with Crippen LogP contribution in [-0.2, 0) is 6.54 Å². The van der Waals surface area contributed by atoms with Gasteiger partial charge in [0, 0.05) is 47.7 Å². The number of amides is 1. The van der Waals surface area contributed by atoms with Crippen LogP contribution in [0.3, 0.4) is 0 Å². The van der Waals surface area contributed by atoms with Crippen LogP contribution in [0.5, 0.6) is 0 Å². The molecule has 30 heavy (non-hydrogen) atoms. The molecule has 1 aliphatic rings. The standard InChI is InChI=1S/C23H23N5OS/c29-23(18-5-3-10-24-15-18)26-22-7-11-25-28(22)19-8-12-27(13-9-19)16-20-14-17-4-1-2-6-21(17)30-20/h1-7,10-11,14-15,19H,8-9,12-13,16H2,(H,26,29). The molecule has 1 fully saturated rings. The van der Waals surface area contributed by atoms with E-state index < -0.39 is 0 Å². The van der Waals surface area contributed by atoms with Crippen LogP contribution >= 0.6 is 11.3 Å². The Kier molecular flexibility index (Phi) is 5.29. The number of likely N-dealkylation sites (tertiary alicyclic amines) is 1. The maximum Gasteiger partial charge on any atom is 0.258 e. The fourth-order valence-electron chi connectivity index (χ4n) is 4.05. The summed E-state index contributed by atoms with van der Waals surface area (Å²) in [5.41, 5.74) is 0.545. The predicted octanol–water partition coefficient (Wildman–Crippen LogP) is 4.58. The topological polar surface area (TPSA) is 63.1 Å². The van der Waals surface area contributed by atoms with E-state index in [0.29, 0.717) is 11.6 Å². The van der Waals surface area contributed by atoms with E-state index in [1.54, 1.807) is 30.7 Å². The van der Waals surface area contributed by atoms with Crippen molar-refractivity contribution in [2.24, 2.45) is 0 Å². The highest BCUT2D eigenvalue weighted by molar-refractivity contribution is 7.19. The smallest absolute Gasteiger partial charge is 0.258 e. The van der Waals surface area contributed by atoms with Gasteiger partial charge in [0.1, 0.15) is 5.82 Å². The number of carbonyl (C=O) groups is 1. The second-order valence-electron chi connectivity index (χ2n) is 7.61. The summed E-state index contributed by atoms with van der Waals surface area (Å²) in [7, 11) is 0. The minimum atomic E-state index is -0.160. The van der Waals surface area contributed by atoms with Crippen LogP contribution in [0.1, 0.15) is 34.1 Å². The highest BCUT2D eigenvalue weighted by atomic mass is 32.1. The zero-order chi connectivity index (χ0) is 20.3. The third-order valence-electron chi connectivity index (χ3n) is 5.59. The number of hydrogen-bond acceptors (Lipinski definition) is 5. The van der Waals surface area contributed by atoms with E-state index >= 15 is 0 Å². The van der Waals surface area contributed by atoms with E-state index in [-0.39, 0.29) is 5.91 Å². The van der Waals surface area contributed by atoms with Gasteiger partial charge in [-0.25, -0.2) is 4.68 Å². The molecule has 0 atom stereocenters. The monoisotopic (exact) mass is 417 g/mol. The lowest BCUT2D eigenvalue weighted by Gasteiger charge is -2.32. The van der Waals surface area contributed by atoms with Crippen molar-refractivity contribution in [1.82, 2.24) is 19.7 Å². The molecule has 152 valence electrons. The number of anilines is 1. The van der Waals surface area contributed by atoms with Crippen LogP contribution in [0.4, 0.5) is 5.82 Å². The molecule has 4 heterocycles. The van der Waals surface area contributed by atoms with Gasteiger partial charge in [0.15, 0.2) is 0 Å². The van der Waals surface area contributed by atoms with Crippen molar-refractivity contribution in [2.75, 3.05) is 18.4 Å². The number of hydrogen-bond donors (Lipinski definition) is 1. The molecule has 1 amide bonds. The van der Waals surface area contributed by atoms with Gasteiger partial charge in [-0.05, 0) is 42.5 Å². The Morgan fingerprint density at radius 2 is 1.97 bits per heavy atom. The predicted molar refractivity (Wildman–Crippen MR) is 120 cm³/mol. The summed E-state index contributed by atoms with van der Waals surface area (Å²) in [5.74, 6) is 0.582. The molecule has 0 bridgehead atoms. The van der Waals surface area contributed by atoms with Crippen LogP contribution in [0.2, 0.25) is 0 Å². The van der Waals surface area contributed by atoms with E-state index in [0.717, 1.165) is 38.3 Å². The van der Waals surface area contributed by atoms with Gasteiger partial charge in [-0.3, -0.25) is 14.7 Å². The highest BCUT2D eigenvalue weighted by Gasteiger charge is 2.23. The van der Waals surface area contributed by atoms with E-state index in [9.17, 15) is 4.79 Å². The first-order valence-corrected chi connectivity index (χ1v) is 11.0. The molecule has 0 spiro atoms. The molecule has 0 unspecified atom stereocenters. The van der Waals surface area contributed by atoms with Gasteiger partial charge in [-0.1, -0.05) is 18.2 Å². The van der Waals surface area contributed by atoms with Crippen LogP contribution in [0.15, 0.2) is 67.1 Å². The maximum absolute atomic E-state index is 12.5. The summed E-state index contributed by atoms with van der Waals surface area (Å²) in [6.07, 6.45) is 7.02. The average Bonchev–Trinajstić information content (AvgIpc) is 3.41. The quantitative estimate of drug-likeness (QED) is 0.516. The second kappa shape index (κ2) is 8.38. The van der Waals surface area contributed by atoms with Crippen molar-refractivity contribution >= 4 is 33.1 Å². The molecule has 1 saturated heterocycles. The van der Waals surface area contributed by atoms with Gasteiger partial charge < -0.3 is 5.32 Å². The van der Waals surface area contributed by atoms with Gasteiger partial charge >= 0.3 is 0 Å². The molecule has 5 rings (SSSR count). The summed E-state index contributed by atoms with van der Waals surface area (Å²) in [6, 6.07) is 16.6. The van der Waals surface area contributed by atoms with Crippen molar-refractivity contribution in [3.8, 4) is 0 Å². The Balaban J connectivity index is 1.21. The molecular weight excluding hydrogens is 394 g/mol. The number of pyridine rings is 1. The number of rotatable bonds is 5. The first-order valence-electron chi connectivity index (χ1n) is 10.2. The summed E-state index contributed by atoms with van der Waals surface area (Å²) in [6.45, 7) is 3.04. The summed E-state index contributed by atoms with van der Waals surface area (Å²) < 4.78 is 3.32. The lowest BCUT2D eigenvalue weighted by molar-refractivity contribution is 0.102. The van der Waals surface area contributed by atoms with Gasteiger partial charge in [-0.2, -0.15) is 5.10 Å².